The van der Waals surface area contributed by atoms with Crippen LogP contribution in [0.25, 0.3) is 0 Å². The van der Waals surface area contributed by atoms with Crippen molar-refractivity contribution >= 4 is 27.7 Å². The topological polar surface area (TPSA) is 64.1 Å². The molecule has 2 heterocycles. The molecule has 0 fully saturated rings. The fourth-order valence-electron chi connectivity index (χ4n) is 2.18. The summed E-state index contributed by atoms with van der Waals surface area (Å²) in [7, 11) is 0. The molecule has 5 nitrogen and oxygen atoms in total. The Morgan fingerprint density at radius 1 is 1.30 bits per heavy atom. The summed E-state index contributed by atoms with van der Waals surface area (Å²) < 4.78 is 6.21. The Morgan fingerprint density at radius 2 is 2.15 bits per heavy atom. The molecule has 1 unspecified atom stereocenters. The highest BCUT2D eigenvalue weighted by molar-refractivity contribution is 9.10. The van der Waals surface area contributed by atoms with Crippen molar-refractivity contribution < 1.29 is 9.53 Å². The fraction of sp³-hybridized carbons (Fsp3) is 0.214. The number of fused-ring (bicyclic) bond motifs is 1. The molecule has 1 aromatic carbocycles. The summed E-state index contributed by atoms with van der Waals surface area (Å²) in [5.41, 5.74) is 2.07. The van der Waals surface area contributed by atoms with E-state index in [0.717, 1.165) is 17.5 Å². The van der Waals surface area contributed by atoms with E-state index in [-0.39, 0.29) is 5.91 Å². The standard InChI is InChI=1S/C14H12BrN3O2/c15-11-7-17-12(8-16-11)18-14(19)13-10-4-2-1-3-9(10)5-6-20-13/h1-4,7-8,13H,5-6H2,(H,17,18,19). The number of rotatable bonds is 2. The molecule has 1 aromatic heterocycles. The van der Waals surface area contributed by atoms with Gasteiger partial charge in [-0.05, 0) is 33.5 Å². The van der Waals surface area contributed by atoms with Crippen LogP contribution in [0.3, 0.4) is 0 Å². The number of aromatic nitrogens is 2. The minimum atomic E-state index is -0.592. The van der Waals surface area contributed by atoms with Crippen molar-refractivity contribution in [2.45, 2.75) is 12.5 Å². The van der Waals surface area contributed by atoms with E-state index >= 15 is 0 Å². The van der Waals surface area contributed by atoms with Crippen LogP contribution in [-0.4, -0.2) is 22.5 Å². The summed E-state index contributed by atoms with van der Waals surface area (Å²) in [6.07, 6.45) is 3.27. The second-order valence-corrected chi connectivity index (χ2v) is 5.23. The first-order chi connectivity index (χ1) is 9.74. The van der Waals surface area contributed by atoms with Gasteiger partial charge in [0.2, 0.25) is 0 Å². The molecule has 6 heteroatoms. The van der Waals surface area contributed by atoms with Crippen molar-refractivity contribution in [3.05, 3.63) is 52.4 Å². The Balaban J connectivity index is 1.80. The molecule has 2 aromatic rings. The molecule has 102 valence electrons. The third-order valence-corrected chi connectivity index (χ3v) is 3.51. The molecule has 0 saturated carbocycles. The molecule has 0 aliphatic carbocycles. The Hall–Kier alpha value is -1.79. The van der Waals surface area contributed by atoms with Gasteiger partial charge in [0.05, 0.1) is 19.0 Å². The maximum atomic E-state index is 12.3. The molecule has 1 atom stereocenters. The van der Waals surface area contributed by atoms with Gasteiger partial charge in [-0.25, -0.2) is 9.97 Å². The van der Waals surface area contributed by atoms with Crippen LogP contribution >= 0.6 is 15.9 Å². The first-order valence-corrected chi connectivity index (χ1v) is 7.01. The van der Waals surface area contributed by atoms with Gasteiger partial charge in [-0.2, -0.15) is 0 Å². The van der Waals surface area contributed by atoms with E-state index in [0.29, 0.717) is 17.0 Å². The van der Waals surface area contributed by atoms with Crippen LogP contribution in [-0.2, 0) is 16.0 Å². The highest BCUT2D eigenvalue weighted by Crippen LogP contribution is 2.27. The van der Waals surface area contributed by atoms with E-state index in [2.05, 4.69) is 31.2 Å². The van der Waals surface area contributed by atoms with Gasteiger partial charge in [0.25, 0.3) is 5.91 Å². The fourth-order valence-corrected chi connectivity index (χ4v) is 2.38. The Morgan fingerprint density at radius 3 is 2.95 bits per heavy atom. The van der Waals surface area contributed by atoms with E-state index < -0.39 is 6.10 Å². The lowest BCUT2D eigenvalue weighted by Crippen LogP contribution is -2.28. The number of hydrogen-bond donors (Lipinski definition) is 1. The van der Waals surface area contributed by atoms with Gasteiger partial charge in [-0.3, -0.25) is 4.79 Å². The highest BCUT2D eigenvalue weighted by Gasteiger charge is 2.27. The minimum Gasteiger partial charge on any atom is -0.363 e. The lowest BCUT2D eigenvalue weighted by molar-refractivity contribution is -0.128. The Kier molecular flexibility index (Phi) is 3.75. The van der Waals surface area contributed by atoms with Gasteiger partial charge in [0.1, 0.15) is 4.60 Å². The van der Waals surface area contributed by atoms with Gasteiger partial charge in [-0.15, -0.1) is 0 Å². The van der Waals surface area contributed by atoms with Gasteiger partial charge in [0.15, 0.2) is 11.9 Å². The minimum absolute atomic E-state index is 0.228. The summed E-state index contributed by atoms with van der Waals surface area (Å²) in [5.74, 6) is 0.179. The van der Waals surface area contributed by atoms with Crippen molar-refractivity contribution in [2.24, 2.45) is 0 Å². The molecule has 1 amide bonds. The molecular weight excluding hydrogens is 322 g/mol. The molecule has 20 heavy (non-hydrogen) atoms. The van der Waals surface area contributed by atoms with Crippen molar-refractivity contribution in [3.8, 4) is 0 Å². The average molecular weight is 334 g/mol. The van der Waals surface area contributed by atoms with Crippen molar-refractivity contribution in [1.82, 2.24) is 9.97 Å². The zero-order valence-corrected chi connectivity index (χ0v) is 12.1. The summed E-state index contributed by atoms with van der Waals surface area (Å²) in [4.78, 5) is 20.4. The van der Waals surface area contributed by atoms with Crippen LogP contribution in [0.1, 0.15) is 17.2 Å². The normalized spacial score (nSPS) is 17.4. The summed E-state index contributed by atoms with van der Waals surface area (Å²) >= 11 is 3.20. The molecule has 0 radical (unpaired) electrons. The maximum Gasteiger partial charge on any atom is 0.259 e. The SMILES string of the molecule is O=C(Nc1cnc(Br)cn1)C1OCCc2ccccc21. The van der Waals surface area contributed by atoms with E-state index in [4.69, 9.17) is 4.74 Å². The molecule has 3 rings (SSSR count). The van der Waals surface area contributed by atoms with Crippen LogP contribution in [0.5, 0.6) is 0 Å². The number of hydrogen-bond acceptors (Lipinski definition) is 4. The number of halogens is 1. The first-order valence-electron chi connectivity index (χ1n) is 6.22. The number of benzene rings is 1. The zero-order valence-electron chi connectivity index (χ0n) is 10.5. The number of carbonyl (C=O) groups is 1. The number of amides is 1. The Bertz CT molecular complexity index is 631. The predicted octanol–water partition coefficient (Wildman–Crippen LogP) is 2.49. The highest BCUT2D eigenvalue weighted by atomic mass is 79.9. The summed E-state index contributed by atoms with van der Waals surface area (Å²) in [5, 5.41) is 2.72. The predicted molar refractivity (Wildman–Crippen MR) is 77.2 cm³/mol. The summed E-state index contributed by atoms with van der Waals surface area (Å²) in [6.45, 7) is 0.543. The van der Waals surface area contributed by atoms with E-state index in [1.54, 1.807) is 0 Å². The third kappa shape index (κ3) is 2.71. The van der Waals surface area contributed by atoms with Crippen LogP contribution < -0.4 is 5.32 Å². The Labute approximate surface area is 124 Å². The second-order valence-electron chi connectivity index (χ2n) is 4.41. The molecule has 0 spiro atoms. The van der Waals surface area contributed by atoms with E-state index in [1.165, 1.54) is 12.4 Å². The molecule has 1 aliphatic heterocycles. The lowest BCUT2D eigenvalue weighted by atomic mass is 9.97. The quantitative estimate of drug-likeness (QED) is 0.917. The average Bonchev–Trinajstić information content (AvgIpc) is 2.49. The van der Waals surface area contributed by atoms with Gasteiger partial charge < -0.3 is 10.1 Å². The molecular formula is C14H12BrN3O2. The molecule has 0 saturated heterocycles. The van der Waals surface area contributed by atoms with Crippen LogP contribution in [0, 0.1) is 0 Å². The lowest BCUT2D eigenvalue weighted by Gasteiger charge is -2.24. The molecule has 1 N–H and O–H groups in total. The van der Waals surface area contributed by atoms with Crippen LogP contribution in [0.2, 0.25) is 0 Å². The molecule has 0 bridgehead atoms. The van der Waals surface area contributed by atoms with Crippen molar-refractivity contribution in [2.75, 3.05) is 11.9 Å². The van der Waals surface area contributed by atoms with Gasteiger partial charge >= 0.3 is 0 Å². The van der Waals surface area contributed by atoms with E-state index in [9.17, 15) is 4.79 Å². The monoisotopic (exact) mass is 333 g/mol. The smallest absolute Gasteiger partial charge is 0.259 e. The maximum absolute atomic E-state index is 12.3. The number of nitrogens with zero attached hydrogens (tertiary/aromatic N) is 2. The van der Waals surface area contributed by atoms with E-state index in [1.807, 2.05) is 24.3 Å². The molecule has 1 aliphatic rings. The second kappa shape index (κ2) is 5.68. The van der Waals surface area contributed by atoms with Gasteiger partial charge in [0, 0.05) is 0 Å². The number of anilines is 1. The first kappa shape index (κ1) is 13.2. The van der Waals surface area contributed by atoms with Crippen LogP contribution in [0.4, 0.5) is 5.82 Å². The summed E-state index contributed by atoms with van der Waals surface area (Å²) in [6, 6.07) is 7.83. The number of ether oxygens (including phenoxy) is 1. The van der Waals surface area contributed by atoms with Crippen molar-refractivity contribution in [1.29, 1.82) is 0 Å². The largest absolute Gasteiger partial charge is 0.363 e. The van der Waals surface area contributed by atoms with Gasteiger partial charge in [-0.1, -0.05) is 24.3 Å². The van der Waals surface area contributed by atoms with Crippen LogP contribution in [0.15, 0.2) is 41.3 Å². The zero-order chi connectivity index (χ0) is 13.9. The number of carbonyl (C=O) groups excluding carboxylic acids is 1. The van der Waals surface area contributed by atoms with Crippen molar-refractivity contribution in [3.63, 3.8) is 0 Å². The third-order valence-electron chi connectivity index (χ3n) is 3.10. The number of nitrogens with one attached hydrogen (secondary N) is 1.